The summed E-state index contributed by atoms with van der Waals surface area (Å²) in [4.78, 5) is 22.7. The molecule has 0 saturated heterocycles. The van der Waals surface area contributed by atoms with Crippen LogP contribution in [0.15, 0.2) is 18.2 Å². The summed E-state index contributed by atoms with van der Waals surface area (Å²) in [5, 5.41) is 24.4. The molecule has 3 N–H and O–H groups in total. The predicted octanol–water partition coefficient (Wildman–Crippen LogP) is 2.94. The van der Waals surface area contributed by atoms with Gasteiger partial charge in [0.2, 0.25) is 0 Å². The lowest BCUT2D eigenvalue weighted by molar-refractivity contribution is -0.384. The van der Waals surface area contributed by atoms with Crippen LogP contribution < -0.4 is 10.6 Å². The summed E-state index contributed by atoms with van der Waals surface area (Å²) < 4.78 is 0. The highest BCUT2D eigenvalue weighted by molar-refractivity contribution is 6.05. The number of halogens is 1. The Morgan fingerprint density at radius 3 is 2.65 bits per heavy atom. The molecular formula is C17H24ClN5O3. The Hall–Kier alpha value is -2.19. The topological polar surface area (TPSA) is 113 Å². The van der Waals surface area contributed by atoms with Crippen molar-refractivity contribution in [3.05, 3.63) is 34.0 Å². The molecule has 0 unspecified atom stereocenters. The van der Waals surface area contributed by atoms with Gasteiger partial charge in [0.1, 0.15) is 0 Å². The fraction of sp³-hybridized carbons (Fsp3) is 0.529. The predicted molar refractivity (Wildman–Crippen MR) is 102 cm³/mol. The van der Waals surface area contributed by atoms with Gasteiger partial charge in [0, 0.05) is 36.7 Å². The quantitative estimate of drug-likeness (QED) is 0.308. The molecule has 0 spiro atoms. The third-order valence-corrected chi connectivity index (χ3v) is 4.67. The molecule has 0 aliphatic heterocycles. The highest BCUT2D eigenvalue weighted by Crippen LogP contribution is 2.22. The summed E-state index contributed by atoms with van der Waals surface area (Å²) in [6.07, 6.45) is 7.55. The number of benzene rings is 1. The van der Waals surface area contributed by atoms with Gasteiger partial charge in [-0.3, -0.25) is 20.0 Å². The molecule has 1 heterocycles. The molecule has 1 fully saturated rings. The van der Waals surface area contributed by atoms with Gasteiger partial charge < -0.3 is 10.6 Å². The fourth-order valence-electron chi connectivity index (χ4n) is 3.31. The molecule has 26 heavy (non-hydrogen) atoms. The summed E-state index contributed by atoms with van der Waals surface area (Å²) in [5.41, 5.74) is 0.735. The normalized spacial score (nSPS) is 15.2. The number of hydrogen-bond acceptors (Lipinski definition) is 5. The number of non-ortho nitro benzene ring substituents is 1. The number of rotatable bonds is 6. The maximum atomic E-state index is 12.3. The van der Waals surface area contributed by atoms with E-state index in [1.165, 1.54) is 50.7 Å². The van der Waals surface area contributed by atoms with E-state index in [-0.39, 0.29) is 29.7 Å². The molecule has 0 atom stereocenters. The SMILES string of the molecule is Cl.O=C(NCCNC1CCCCCC1)c1n[nH]c2ccc([N+](=O)[O-])cc12. The van der Waals surface area contributed by atoms with Crippen molar-refractivity contribution in [1.82, 2.24) is 20.8 Å². The first-order valence-corrected chi connectivity index (χ1v) is 8.79. The Kier molecular flexibility index (Phi) is 7.35. The number of hydrogen-bond donors (Lipinski definition) is 3. The molecule has 1 saturated carbocycles. The average Bonchev–Trinajstić information content (AvgIpc) is 2.86. The van der Waals surface area contributed by atoms with Crippen LogP contribution in [0.3, 0.4) is 0 Å². The molecule has 1 aliphatic carbocycles. The number of nitrogens with one attached hydrogen (secondary N) is 3. The number of aromatic nitrogens is 2. The Morgan fingerprint density at radius 2 is 1.96 bits per heavy atom. The van der Waals surface area contributed by atoms with Gasteiger partial charge in [-0.25, -0.2) is 0 Å². The van der Waals surface area contributed by atoms with Crippen LogP contribution in [0.5, 0.6) is 0 Å². The zero-order valence-corrected chi connectivity index (χ0v) is 15.3. The largest absolute Gasteiger partial charge is 0.349 e. The summed E-state index contributed by atoms with van der Waals surface area (Å²) in [6.45, 7) is 1.21. The zero-order valence-electron chi connectivity index (χ0n) is 14.5. The van der Waals surface area contributed by atoms with Crippen LogP contribution in [0.25, 0.3) is 10.9 Å². The first-order valence-electron chi connectivity index (χ1n) is 8.79. The molecule has 1 aromatic heterocycles. The number of nitrogens with zero attached hydrogens (tertiary/aromatic N) is 2. The van der Waals surface area contributed by atoms with Gasteiger partial charge >= 0.3 is 0 Å². The lowest BCUT2D eigenvalue weighted by Gasteiger charge is -2.16. The number of fused-ring (bicyclic) bond motifs is 1. The van der Waals surface area contributed by atoms with Crippen LogP contribution in [-0.4, -0.2) is 40.2 Å². The van der Waals surface area contributed by atoms with Crippen LogP contribution in [0.1, 0.15) is 49.0 Å². The van der Waals surface area contributed by atoms with Gasteiger partial charge in [-0.15, -0.1) is 12.4 Å². The monoisotopic (exact) mass is 381 g/mol. The van der Waals surface area contributed by atoms with Gasteiger partial charge in [0.25, 0.3) is 11.6 Å². The van der Waals surface area contributed by atoms with Crippen molar-refractivity contribution in [2.45, 2.75) is 44.6 Å². The minimum absolute atomic E-state index is 0. The number of aromatic amines is 1. The molecule has 1 aromatic carbocycles. The second-order valence-electron chi connectivity index (χ2n) is 6.46. The second-order valence-corrected chi connectivity index (χ2v) is 6.46. The van der Waals surface area contributed by atoms with Gasteiger partial charge in [-0.05, 0) is 18.9 Å². The van der Waals surface area contributed by atoms with Crippen molar-refractivity contribution in [3.8, 4) is 0 Å². The summed E-state index contributed by atoms with van der Waals surface area (Å²) in [6, 6.07) is 4.86. The minimum atomic E-state index is -0.481. The first-order chi connectivity index (χ1) is 12.1. The van der Waals surface area contributed by atoms with E-state index in [1.54, 1.807) is 6.07 Å². The van der Waals surface area contributed by atoms with E-state index < -0.39 is 4.92 Å². The lowest BCUT2D eigenvalue weighted by Crippen LogP contribution is -2.37. The Balaban J connectivity index is 0.00000243. The van der Waals surface area contributed by atoms with Gasteiger partial charge in [-0.1, -0.05) is 25.7 Å². The van der Waals surface area contributed by atoms with Crippen LogP contribution in [0, 0.1) is 10.1 Å². The summed E-state index contributed by atoms with van der Waals surface area (Å²) in [7, 11) is 0. The fourth-order valence-corrected chi connectivity index (χ4v) is 3.31. The first kappa shape index (κ1) is 20.1. The van der Waals surface area contributed by atoms with Gasteiger partial charge in [-0.2, -0.15) is 5.10 Å². The summed E-state index contributed by atoms with van der Waals surface area (Å²) in [5.74, 6) is -0.325. The molecule has 1 aliphatic rings. The van der Waals surface area contributed by atoms with E-state index in [0.29, 0.717) is 30.0 Å². The van der Waals surface area contributed by atoms with E-state index >= 15 is 0 Å². The Labute approximate surface area is 157 Å². The average molecular weight is 382 g/mol. The molecule has 142 valence electrons. The highest BCUT2D eigenvalue weighted by atomic mass is 35.5. The van der Waals surface area contributed by atoms with Crippen molar-refractivity contribution in [3.63, 3.8) is 0 Å². The molecule has 8 nitrogen and oxygen atoms in total. The maximum absolute atomic E-state index is 12.3. The Bertz CT molecular complexity index is 756. The molecule has 0 bridgehead atoms. The van der Waals surface area contributed by atoms with Gasteiger partial charge in [0.05, 0.1) is 10.4 Å². The lowest BCUT2D eigenvalue weighted by atomic mass is 10.1. The van der Waals surface area contributed by atoms with E-state index in [4.69, 9.17) is 0 Å². The standard InChI is InChI=1S/C17H23N5O3.ClH/c23-17(19-10-9-18-12-5-3-1-2-4-6-12)16-14-11-13(22(24)25)7-8-15(14)20-21-16;/h7-8,11-12,18H,1-6,9-10H2,(H,19,23)(H,20,21);1H. The molecule has 2 aromatic rings. The molecule has 3 rings (SSSR count). The minimum Gasteiger partial charge on any atom is -0.349 e. The number of carbonyl (C=O) groups excluding carboxylic acids is 1. The molecule has 0 radical (unpaired) electrons. The molecule has 9 heteroatoms. The van der Waals surface area contributed by atoms with Crippen LogP contribution in [0.2, 0.25) is 0 Å². The van der Waals surface area contributed by atoms with E-state index in [1.807, 2.05) is 0 Å². The Morgan fingerprint density at radius 1 is 1.23 bits per heavy atom. The van der Waals surface area contributed by atoms with Crippen molar-refractivity contribution in [2.24, 2.45) is 0 Å². The molecular weight excluding hydrogens is 358 g/mol. The second kappa shape index (κ2) is 9.49. The van der Waals surface area contributed by atoms with E-state index in [0.717, 1.165) is 0 Å². The van der Waals surface area contributed by atoms with E-state index in [2.05, 4.69) is 20.8 Å². The third-order valence-electron chi connectivity index (χ3n) is 4.67. The third kappa shape index (κ3) is 4.92. The maximum Gasteiger partial charge on any atom is 0.272 e. The van der Waals surface area contributed by atoms with Gasteiger partial charge in [0.15, 0.2) is 5.69 Å². The highest BCUT2D eigenvalue weighted by Gasteiger charge is 2.17. The van der Waals surface area contributed by atoms with Crippen molar-refractivity contribution in [2.75, 3.05) is 13.1 Å². The zero-order chi connectivity index (χ0) is 17.6. The van der Waals surface area contributed by atoms with Crippen LogP contribution >= 0.6 is 12.4 Å². The molecule has 1 amide bonds. The van der Waals surface area contributed by atoms with Crippen molar-refractivity contribution in [1.29, 1.82) is 0 Å². The van der Waals surface area contributed by atoms with Crippen molar-refractivity contribution < 1.29 is 9.72 Å². The number of amides is 1. The number of nitro groups is 1. The van der Waals surface area contributed by atoms with Crippen LogP contribution in [0.4, 0.5) is 5.69 Å². The van der Waals surface area contributed by atoms with Crippen molar-refractivity contribution >= 4 is 34.9 Å². The summed E-state index contributed by atoms with van der Waals surface area (Å²) >= 11 is 0. The number of nitro benzene ring substituents is 1. The number of H-pyrrole nitrogens is 1. The number of carbonyl (C=O) groups is 1. The van der Waals surface area contributed by atoms with Crippen LogP contribution in [-0.2, 0) is 0 Å². The van der Waals surface area contributed by atoms with E-state index in [9.17, 15) is 14.9 Å². The smallest absolute Gasteiger partial charge is 0.272 e.